The van der Waals surface area contributed by atoms with E-state index in [4.69, 9.17) is 4.42 Å². The molecule has 29 heavy (non-hydrogen) atoms. The number of hydrogen-bond donors (Lipinski definition) is 1. The molecule has 150 valence electrons. The minimum atomic E-state index is -0.260. The van der Waals surface area contributed by atoms with Crippen molar-refractivity contribution in [2.75, 3.05) is 24.7 Å². The van der Waals surface area contributed by atoms with Gasteiger partial charge in [0.1, 0.15) is 0 Å². The molecule has 0 radical (unpaired) electrons. The Balaban J connectivity index is 1.49. The van der Waals surface area contributed by atoms with Gasteiger partial charge < -0.3 is 14.6 Å². The van der Waals surface area contributed by atoms with Gasteiger partial charge in [-0.1, -0.05) is 41.6 Å². The number of amides is 2. The third-order valence-corrected chi connectivity index (χ3v) is 5.47. The van der Waals surface area contributed by atoms with Crippen molar-refractivity contribution in [2.24, 2.45) is 0 Å². The van der Waals surface area contributed by atoms with Crippen molar-refractivity contribution < 1.29 is 14.0 Å². The Labute approximate surface area is 181 Å². The molecule has 0 atom stereocenters. The Kier molecular flexibility index (Phi) is 7.05. The highest BCUT2D eigenvalue weighted by molar-refractivity contribution is 9.10. The lowest BCUT2D eigenvalue weighted by Crippen LogP contribution is -2.35. The molecule has 3 aromatic rings. The minimum absolute atomic E-state index is 0.0423. The van der Waals surface area contributed by atoms with Crippen LogP contribution in [0.15, 0.2) is 62.6 Å². The molecule has 0 fully saturated rings. The molecular formula is C20H19BrN4O3S. The summed E-state index contributed by atoms with van der Waals surface area (Å²) in [5.74, 6) is -0.0111. The number of aromatic nitrogens is 2. The van der Waals surface area contributed by atoms with Crippen LogP contribution < -0.4 is 5.32 Å². The smallest absolute Gasteiger partial charge is 0.277 e. The zero-order valence-electron chi connectivity index (χ0n) is 15.9. The number of benzene rings is 2. The molecule has 9 heteroatoms. The van der Waals surface area contributed by atoms with Crippen LogP contribution in [0.5, 0.6) is 0 Å². The molecule has 0 saturated heterocycles. The van der Waals surface area contributed by atoms with Gasteiger partial charge in [-0.05, 0) is 47.1 Å². The molecule has 0 aliphatic rings. The van der Waals surface area contributed by atoms with Gasteiger partial charge >= 0.3 is 0 Å². The predicted octanol–water partition coefficient (Wildman–Crippen LogP) is 4.00. The van der Waals surface area contributed by atoms with E-state index in [1.54, 1.807) is 7.05 Å². The number of carbonyl (C=O) groups is 2. The van der Waals surface area contributed by atoms with Gasteiger partial charge in [0.25, 0.3) is 5.22 Å². The first kappa shape index (κ1) is 21.1. The molecule has 7 nitrogen and oxygen atoms in total. The highest BCUT2D eigenvalue weighted by atomic mass is 79.9. The maximum absolute atomic E-state index is 12.3. The first-order valence-electron chi connectivity index (χ1n) is 8.74. The summed E-state index contributed by atoms with van der Waals surface area (Å²) in [6.45, 7) is 1.93. The van der Waals surface area contributed by atoms with Crippen molar-refractivity contribution in [3.8, 4) is 11.5 Å². The van der Waals surface area contributed by atoms with Crippen LogP contribution >= 0.6 is 27.7 Å². The van der Waals surface area contributed by atoms with E-state index in [9.17, 15) is 9.59 Å². The second kappa shape index (κ2) is 9.71. The fourth-order valence-electron chi connectivity index (χ4n) is 2.39. The van der Waals surface area contributed by atoms with Crippen molar-refractivity contribution in [3.63, 3.8) is 0 Å². The number of carbonyl (C=O) groups excluding carboxylic acids is 2. The summed E-state index contributed by atoms with van der Waals surface area (Å²) in [6, 6.07) is 15.0. The maximum Gasteiger partial charge on any atom is 0.277 e. The fourth-order valence-corrected chi connectivity index (χ4v) is 3.54. The van der Waals surface area contributed by atoms with Crippen molar-refractivity contribution in [1.82, 2.24) is 15.1 Å². The fraction of sp³-hybridized carbons (Fsp3) is 0.200. The van der Waals surface area contributed by atoms with Crippen LogP contribution in [0, 0.1) is 6.92 Å². The number of anilines is 1. The zero-order valence-corrected chi connectivity index (χ0v) is 18.3. The molecule has 0 spiro atoms. The summed E-state index contributed by atoms with van der Waals surface area (Å²) in [4.78, 5) is 25.8. The first-order valence-corrected chi connectivity index (χ1v) is 10.5. The summed E-state index contributed by atoms with van der Waals surface area (Å²) < 4.78 is 6.45. The number of thioether (sulfide) groups is 1. The second-order valence-corrected chi connectivity index (χ2v) is 8.09. The molecule has 0 saturated carbocycles. The first-order chi connectivity index (χ1) is 13.9. The zero-order chi connectivity index (χ0) is 20.8. The molecule has 0 unspecified atom stereocenters. The van der Waals surface area contributed by atoms with Gasteiger partial charge in [0.15, 0.2) is 0 Å². The van der Waals surface area contributed by atoms with E-state index in [2.05, 4.69) is 31.4 Å². The summed E-state index contributed by atoms with van der Waals surface area (Å²) >= 11 is 4.57. The van der Waals surface area contributed by atoms with E-state index in [1.165, 1.54) is 4.90 Å². The standard InChI is InChI=1S/C20H19BrN4O3S/c1-13-7-9-14(10-8-13)22-17(26)11-25(2)18(27)12-29-20-24-23-19(28-20)15-5-3-4-6-16(15)21/h3-10H,11-12H2,1-2H3,(H,22,26). The molecule has 1 aromatic heterocycles. The molecule has 2 aromatic carbocycles. The molecule has 2 amide bonds. The average molecular weight is 475 g/mol. The number of halogens is 1. The van der Waals surface area contributed by atoms with E-state index in [0.717, 1.165) is 27.4 Å². The Bertz CT molecular complexity index is 1010. The monoisotopic (exact) mass is 474 g/mol. The maximum atomic E-state index is 12.3. The lowest BCUT2D eigenvalue weighted by Gasteiger charge is -2.16. The van der Waals surface area contributed by atoms with Crippen LogP contribution in [-0.2, 0) is 9.59 Å². The summed E-state index contributed by atoms with van der Waals surface area (Å²) in [6.07, 6.45) is 0. The number of rotatable bonds is 7. The third-order valence-electron chi connectivity index (χ3n) is 3.97. The van der Waals surface area contributed by atoms with Crippen LogP contribution in [0.4, 0.5) is 5.69 Å². The van der Waals surface area contributed by atoms with Crippen molar-refractivity contribution in [2.45, 2.75) is 12.1 Å². The van der Waals surface area contributed by atoms with Gasteiger partial charge in [0, 0.05) is 17.2 Å². The van der Waals surface area contributed by atoms with Gasteiger partial charge in [-0.15, -0.1) is 10.2 Å². The van der Waals surface area contributed by atoms with Gasteiger partial charge in [0.05, 0.1) is 17.9 Å². The summed E-state index contributed by atoms with van der Waals surface area (Å²) in [7, 11) is 1.58. The van der Waals surface area contributed by atoms with Gasteiger partial charge in [-0.25, -0.2) is 0 Å². The van der Waals surface area contributed by atoms with Crippen LogP contribution in [-0.4, -0.2) is 46.3 Å². The normalized spacial score (nSPS) is 10.6. The second-order valence-electron chi connectivity index (χ2n) is 6.31. The average Bonchev–Trinajstić information content (AvgIpc) is 3.17. The van der Waals surface area contributed by atoms with E-state index in [1.807, 2.05) is 55.5 Å². The number of nitrogens with one attached hydrogen (secondary N) is 1. The molecule has 3 rings (SSSR count). The topological polar surface area (TPSA) is 88.3 Å². The highest BCUT2D eigenvalue weighted by Crippen LogP contribution is 2.28. The molecule has 0 aliphatic carbocycles. The largest absolute Gasteiger partial charge is 0.411 e. The highest BCUT2D eigenvalue weighted by Gasteiger charge is 2.16. The summed E-state index contributed by atoms with van der Waals surface area (Å²) in [5, 5.41) is 11.0. The van der Waals surface area contributed by atoms with Crippen molar-refractivity contribution in [1.29, 1.82) is 0 Å². The third kappa shape index (κ3) is 5.91. The lowest BCUT2D eigenvalue weighted by molar-refractivity contribution is -0.131. The van der Waals surface area contributed by atoms with Gasteiger partial charge in [-0.3, -0.25) is 9.59 Å². The SMILES string of the molecule is Cc1ccc(NC(=O)CN(C)C(=O)CSc2nnc(-c3ccccc3Br)o2)cc1. The van der Waals surface area contributed by atoms with Gasteiger partial charge in [0.2, 0.25) is 17.7 Å². The molecule has 0 bridgehead atoms. The lowest BCUT2D eigenvalue weighted by atomic mass is 10.2. The molecule has 1 heterocycles. The number of nitrogens with zero attached hydrogens (tertiary/aromatic N) is 3. The Morgan fingerprint density at radius 1 is 1.14 bits per heavy atom. The van der Waals surface area contributed by atoms with Crippen molar-refractivity contribution in [3.05, 3.63) is 58.6 Å². The number of aryl methyl sites for hydroxylation is 1. The van der Waals surface area contributed by atoms with Crippen LogP contribution in [0.1, 0.15) is 5.56 Å². The number of likely N-dealkylation sites (N-methyl/N-ethyl adjacent to an activating group) is 1. The quantitative estimate of drug-likeness (QED) is 0.520. The van der Waals surface area contributed by atoms with Crippen LogP contribution in [0.25, 0.3) is 11.5 Å². The minimum Gasteiger partial charge on any atom is -0.411 e. The van der Waals surface area contributed by atoms with E-state index in [0.29, 0.717) is 16.8 Å². The van der Waals surface area contributed by atoms with E-state index < -0.39 is 0 Å². The van der Waals surface area contributed by atoms with Crippen LogP contribution in [0.3, 0.4) is 0 Å². The van der Waals surface area contributed by atoms with Crippen molar-refractivity contribution >= 4 is 45.2 Å². The van der Waals surface area contributed by atoms with E-state index >= 15 is 0 Å². The Morgan fingerprint density at radius 3 is 2.59 bits per heavy atom. The Hall–Kier alpha value is -2.65. The predicted molar refractivity (Wildman–Crippen MR) is 116 cm³/mol. The molecular weight excluding hydrogens is 456 g/mol. The molecule has 1 N–H and O–H groups in total. The number of hydrogen-bond acceptors (Lipinski definition) is 6. The van der Waals surface area contributed by atoms with E-state index in [-0.39, 0.29) is 24.1 Å². The molecule has 0 aliphatic heterocycles. The Morgan fingerprint density at radius 2 is 1.86 bits per heavy atom. The van der Waals surface area contributed by atoms with Crippen LogP contribution in [0.2, 0.25) is 0 Å². The summed E-state index contributed by atoms with van der Waals surface area (Å²) in [5.41, 5.74) is 2.58. The van der Waals surface area contributed by atoms with Gasteiger partial charge in [-0.2, -0.15) is 0 Å².